The van der Waals surface area contributed by atoms with Crippen molar-refractivity contribution in [1.29, 1.82) is 0 Å². The number of hydrogen-bond acceptors (Lipinski definition) is 4. The van der Waals surface area contributed by atoms with Gasteiger partial charge in [-0.1, -0.05) is 42.5 Å². The molecule has 1 N–H and O–H groups in total. The van der Waals surface area contributed by atoms with Gasteiger partial charge in [-0.2, -0.15) is 0 Å². The fourth-order valence-electron chi connectivity index (χ4n) is 4.86. The molecule has 5 nitrogen and oxygen atoms in total. The largest absolute Gasteiger partial charge is 0.481 e. The second-order valence-corrected chi connectivity index (χ2v) is 9.85. The van der Waals surface area contributed by atoms with Crippen molar-refractivity contribution in [3.05, 3.63) is 82.2 Å². The monoisotopic (exact) mass is 447 g/mol. The number of carbonyl (C=O) groups excluding carboxylic acids is 1. The number of aliphatic carboxylic acids is 1. The Morgan fingerprint density at radius 1 is 1.06 bits per heavy atom. The third-order valence-corrected chi connectivity index (χ3v) is 7.85. The van der Waals surface area contributed by atoms with Crippen LogP contribution in [0.1, 0.15) is 39.2 Å². The van der Waals surface area contributed by atoms with Gasteiger partial charge in [-0.05, 0) is 48.2 Å². The molecule has 1 aromatic heterocycles. The summed E-state index contributed by atoms with van der Waals surface area (Å²) in [4.78, 5) is 29.0. The van der Waals surface area contributed by atoms with Gasteiger partial charge in [0.1, 0.15) is 0 Å². The minimum Gasteiger partial charge on any atom is -0.481 e. The van der Waals surface area contributed by atoms with Gasteiger partial charge in [-0.25, -0.2) is 0 Å². The molecule has 1 aliphatic carbocycles. The van der Waals surface area contributed by atoms with Crippen LogP contribution in [0, 0.1) is 5.41 Å². The van der Waals surface area contributed by atoms with Crippen LogP contribution in [-0.2, 0) is 16.0 Å². The summed E-state index contributed by atoms with van der Waals surface area (Å²) >= 11 is 1.66. The number of ether oxygens (including phenoxy) is 1. The van der Waals surface area contributed by atoms with Gasteiger partial charge in [0.05, 0.1) is 18.6 Å². The standard InChI is InChI=1S/C26H25NO4S/c1-26(25(29)30)16-22-20(23(26)18-5-3-2-4-6-18)15-21(32-22)17-7-9-19(10-8-17)24(28)27-11-13-31-14-12-27/h2-10,15,23H,11-14,16H2,1H3,(H,29,30). The van der Waals surface area contributed by atoms with Crippen LogP contribution < -0.4 is 0 Å². The normalized spacial score (nSPS) is 22.5. The highest BCUT2D eigenvalue weighted by Gasteiger charge is 2.50. The van der Waals surface area contributed by atoms with Gasteiger partial charge in [0, 0.05) is 34.3 Å². The molecule has 2 aliphatic rings. The number of nitrogens with zero attached hydrogens (tertiary/aromatic N) is 1. The second-order valence-electron chi connectivity index (χ2n) is 8.71. The summed E-state index contributed by atoms with van der Waals surface area (Å²) in [5.74, 6) is -0.902. The van der Waals surface area contributed by atoms with E-state index in [2.05, 4.69) is 6.07 Å². The van der Waals surface area contributed by atoms with Gasteiger partial charge >= 0.3 is 5.97 Å². The van der Waals surface area contributed by atoms with Crippen molar-refractivity contribution < 1.29 is 19.4 Å². The number of carbonyl (C=O) groups is 2. The molecule has 32 heavy (non-hydrogen) atoms. The predicted molar refractivity (Wildman–Crippen MR) is 124 cm³/mol. The maximum absolute atomic E-state index is 12.7. The smallest absolute Gasteiger partial charge is 0.310 e. The lowest BCUT2D eigenvalue weighted by Crippen LogP contribution is -2.40. The molecule has 0 saturated carbocycles. The number of benzene rings is 2. The first kappa shape index (κ1) is 20.9. The van der Waals surface area contributed by atoms with Crippen LogP contribution in [-0.4, -0.2) is 48.2 Å². The summed E-state index contributed by atoms with van der Waals surface area (Å²) in [6.07, 6.45) is 0.523. The summed E-state index contributed by atoms with van der Waals surface area (Å²) < 4.78 is 5.33. The zero-order chi connectivity index (χ0) is 22.3. The maximum atomic E-state index is 12.7. The molecule has 164 valence electrons. The maximum Gasteiger partial charge on any atom is 0.310 e. The fourth-order valence-corrected chi connectivity index (χ4v) is 6.24. The first-order valence-corrected chi connectivity index (χ1v) is 11.7. The van der Waals surface area contributed by atoms with Gasteiger partial charge in [-0.15, -0.1) is 11.3 Å². The first-order chi connectivity index (χ1) is 15.5. The Morgan fingerprint density at radius 3 is 2.41 bits per heavy atom. The number of morpholine rings is 1. The summed E-state index contributed by atoms with van der Waals surface area (Å²) in [7, 11) is 0. The van der Waals surface area contributed by atoms with Gasteiger partial charge in [0.2, 0.25) is 0 Å². The molecule has 2 atom stereocenters. The molecule has 1 saturated heterocycles. The minimum absolute atomic E-state index is 0.0369. The molecular formula is C26H25NO4S. The lowest BCUT2D eigenvalue weighted by molar-refractivity contribution is -0.148. The van der Waals surface area contributed by atoms with Crippen molar-refractivity contribution in [2.24, 2.45) is 5.41 Å². The van der Waals surface area contributed by atoms with Crippen LogP contribution in [0.5, 0.6) is 0 Å². The van der Waals surface area contributed by atoms with Crippen molar-refractivity contribution in [3.8, 4) is 10.4 Å². The van der Waals surface area contributed by atoms with E-state index >= 15 is 0 Å². The second kappa shape index (κ2) is 8.19. The van der Waals surface area contributed by atoms with E-state index in [1.54, 1.807) is 11.3 Å². The van der Waals surface area contributed by atoms with Crippen LogP contribution >= 0.6 is 11.3 Å². The number of rotatable bonds is 4. The Kier molecular flexibility index (Phi) is 5.35. The quantitative estimate of drug-likeness (QED) is 0.631. The molecule has 2 unspecified atom stereocenters. The number of amides is 1. The van der Waals surface area contributed by atoms with E-state index in [-0.39, 0.29) is 11.8 Å². The Balaban J connectivity index is 1.44. The van der Waals surface area contributed by atoms with E-state index in [1.165, 1.54) is 0 Å². The van der Waals surface area contributed by atoms with Gasteiger partial charge < -0.3 is 14.7 Å². The lowest BCUT2D eigenvalue weighted by atomic mass is 9.74. The highest BCUT2D eigenvalue weighted by molar-refractivity contribution is 7.15. The fraction of sp³-hybridized carbons (Fsp3) is 0.308. The van der Waals surface area contributed by atoms with E-state index < -0.39 is 11.4 Å². The van der Waals surface area contributed by atoms with Crippen molar-refractivity contribution in [2.75, 3.05) is 26.3 Å². The number of carboxylic acid groups (broad SMARTS) is 1. The van der Waals surface area contributed by atoms with Crippen LogP contribution in [0.15, 0.2) is 60.7 Å². The Morgan fingerprint density at radius 2 is 1.75 bits per heavy atom. The van der Waals surface area contributed by atoms with E-state index in [9.17, 15) is 14.7 Å². The SMILES string of the molecule is CC1(C(=O)O)Cc2sc(-c3ccc(C(=O)N4CCOCC4)cc3)cc2C1c1ccccc1. The Hall–Kier alpha value is -2.96. The third-order valence-electron chi connectivity index (χ3n) is 6.65. The molecule has 0 spiro atoms. The average molecular weight is 448 g/mol. The van der Waals surface area contributed by atoms with Crippen molar-refractivity contribution in [2.45, 2.75) is 19.3 Å². The van der Waals surface area contributed by atoms with Crippen molar-refractivity contribution >= 4 is 23.2 Å². The Bertz CT molecular complexity index is 1150. The highest BCUT2D eigenvalue weighted by Crippen LogP contribution is 2.54. The highest BCUT2D eigenvalue weighted by atomic mass is 32.1. The third kappa shape index (κ3) is 3.53. The van der Waals surface area contributed by atoms with Crippen LogP contribution in [0.2, 0.25) is 0 Å². The lowest BCUT2D eigenvalue weighted by Gasteiger charge is -2.28. The molecule has 0 bridgehead atoms. The number of thiophene rings is 1. The number of carboxylic acids is 1. The summed E-state index contributed by atoms with van der Waals surface area (Å²) in [5.41, 5.74) is 3.02. The number of fused-ring (bicyclic) bond motifs is 1. The molecule has 3 aromatic rings. The predicted octanol–water partition coefficient (Wildman–Crippen LogP) is 4.67. The first-order valence-electron chi connectivity index (χ1n) is 10.9. The van der Waals surface area contributed by atoms with Gasteiger partial charge in [-0.3, -0.25) is 9.59 Å². The van der Waals surface area contributed by atoms with Gasteiger partial charge in [0.25, 0.3) is 5.91 Å². The van der Waals surface area contributed by atoms with E-state index in [1.807, 2.05) is 66.4 Å². The number of hydrogen-bond donors (Lipinski definition) is 1. The molecule has 5 rings (SSSR count). The zero-order valence-electron chi connectivity index (χ0n) is 17.9. The van der Waals surface area contributed by atoms with Crippen LogP contribution in [0.3, 0.4) is 0 Å². The van der Waals surface area contributed by atoms with Gasteiger partial charge in [0.15, 0.2) is 0 Å². The van der Waals surface area contributed by atoms with Crippen LogP contribution in [0.4, 0.5) is 0 Å². The minimum atomic E-state index is -0.852. The molecule has 2 aromatic carbocycles. The van der Waals surface area contributed by atoms with Crippen molar-refractivity contribution in [3.63, 3.8) is 0 Å². The zero-order valence-corrected chi connectivity index (χ0v) is 18.7. The van der Waals surface area contributed by atoms with E-state index in [0.29, 0.717) is 38.3 Å². The summed E-state index contributed by atoms with van der Waals surface area (Å²) in [6, 6.07) is 19.8. The molecule has 6 heteroatoms. The Labute approximate surface area is 191 Å². The summed E-state index contributed by atoms with van der Waals surface area (Å²) in [5, 5.41) is 10.0. The topological polar surface area (TPSA) is 66.8 Å². The molecule has 1 fully saturated rings. The molecule has 2 heterocycles. The van der Waals surface area contributed by atoms with E-state index in [0.717, 1.165) is 26.4 Å². The summed E-state index contributed by atoms with van der Waals surface area (Å²) in [6.45, 7) is 4.28. The van der Waals surface area contributed by atoms with E-state index in [4.69, 9.17) is 4.74 Å². The molecule has 1 amide bonds. The molecule has 0 radical (unpaired) electrons. The average Bonchev–Trinajstić information content (AvgIpc) is 3.35. The molecular weight excluding hydrogens is 422 g/mol. The molecule has 1 aliphatic heterocycles. The van der Waals surface area contributed by atoms with Crippen molar-refractivity contribution in [1.82, 2.24) is 4.90 Å². The van der Waals surface area contributed by atoms with Crippen LogP contribution in [0.25, 0.3) is 10.4 Å².